The first-order valence-corrected chi connectivity index (χ1v) is 12.0. The Kier molecular flexibility index (Phi) is 5.37. The molecule has 0 aromatic heterocycles. The summed E-state index contributed by atoms with van der Waals surface area (Å²) in [6, 6.07) is 2.81. The first-order valence-electron chi connectivity index (χ1n) is 10.9. The molecular weight excluding hydrogens is 410 g/mol. The molecule has 5 rings (SSSR count). The number of amides is 1. The summed E-state index contributed by atoms with van der Waals surface area (Å²) in [4.78, 5) is 27.6. The second-order valence-electron chi connectivity index (χ2n) is 8.84. The molecule has 3 aliphatic heterocycles. The van der Waals surface area contributed by atoms with Crippen LogP contribution in [0.25, 0.3) is 0 Å². The quantitative estimate of drug-likeness (QED) is 0.656. The van der Waals surface area contributed by atoms with Crippen molar-refractivity contribution in [1.29, 1.82) is 0 Å². The Morgan fingerprint density at radius 2 is 1.77 bits per heavy atom. The van der Waals surface area contributed by atoms with E-state index in [2.05, 4.69) is 0 Å². The van der Waals surface area contributed by atoms with E-state index >= 15 is 8.78 Å². The average Bonchev–Trinajstić information content (AvgIpc) is 3.13. The maximum atomic E-state index is 15.0. The number of anilines is 2. The lowest BCUT2D eigenvalue weighted by molar-refractivity contribution is -0.125. The first kappa shape index (κ1) is 20.1. The van der Waals surface area contributed by atoms with E-state index in [0.717, 1.165) is 43.6 Å². The van der Waals surface area contributed by atoms with E-state index in [1.165, 1.54) is 17.0 Å². The standard InChI is InChI=1S/C22H26F2N2O3S/c23-18-8-16(9-19(24)21(18)26-14-4-5-15(26)12-30-11-14)25-10-17(29-22(25)28)6-7-20(27)13-2-1-3-13/h8-9,13-15,17H,1-7,10-12H2/t14?,15?,17-/m0/s1. The summed E-state index contributed by atoms with van der Waals surface area (Å²) >= 11 is 1.84. The molecule has 0 N–H and O–H groups in total. The van der Waals surface area contributed by atoms with Crippen LogP contribution in [0.15, 0.2) is 12.1 Å². The van der Waals surface area contributed by atoms with Gasteiger partial charge >= 0.3 is 6.09 Å². The van der Waals surface area contributed by atoms with Crippen LogP contribution in [0, 0.1) is 17.6 Å². The molecule has 1 saturated carbocycles. The molecule has 30 heavy (non-hydrogen) atoms. The fourth-order valence-electron chi connectivity index (χ4n) is 5.07. The molecule has 2 unspecified atom stereocenters. The molecule has 1 aromatic rings. The molecule has 0 radical (unpaired) electrons. The van der Waals surface area contributed by atoms with Crippen molar-refractivity contribution >= 4 is 35.0 Å². The predicted octanol–water partition coefficient (Wildman–Crippen LogP) is 4.52. The summed E-state index contributed by atoms with van der Waals surface area (Å²) in [6.45, 7) is 0.209. The lowest BCUT2D eigenvalue weighted by Gasteiger charge is -2.37. The van der Waals surface area contributed by atoms with E-state index in [-0.39, 0.29) is 41.7 Å². The summed E-state index contributed by atoms with van der Waals surface area (Å²) in [6.07, 6.45) is 4.72. The smallest absolute Gasteiger partial charge is 0.414 e. The van der Waals surface area contributed by atoms with E-state index in [4.69, 9.17) is 4.74 Å². The third-order valence-corrected chi connectivity index (χ3v) is 8.20. The Labute approximate surface area is 179 Å². The molecule has 2 bridgehead atoms. The zero-order valence-electron chi connectivity index (χ0n) is 16.8. The normalized spacial score (nSPS) is 28.6. The number of cyclic esters (lactones) is 1. The van der Waals surface area contributed by atoms with Gasteiger partial charge in [-0.15, -0.1) is 0 Å². The minimum atomic E-state index is -0.634. The van der Waals surface area contributed by atoms with Gasteiger partial charge in [0.1, 0.15) is 17.6 Å². The van der Waals surface area contributed by atoms with Gasteiger partial charge in [0.15, 0.2) is 11.6 Å². The van der Waals surface area contributed by atoms with Crippen LogP contribution in [0.3, 0.4) is 0 Å². The van der Waals surface area contributed by atoms with Gasteiger partial charge in [-0.25, -0.2) is 13.6 Å². The van der Waals surface area contributed by atoms with E-state index in [9.17, 15) is 9.59 Å². The monoisotopic (exact) mass is 436 g/mol. The van der Waals surface area contributed by atoms with Gasteiger partial charge in [-0.3, -0.25) is 9.69 Å². The summed E-state index contributed by atoms with van der Waals surface area (Å²) in [7, 11) is 0. The zero-order chi connectivity index (χ0) is 20.8. The number of halogens is 2. The van der Waals surface area contributed by atoms with Gasteiger partial charge in [0.05, 0.1) is 12.2 Å². The molecule has 3 atom stereocenters. The van der Waals surface area contributed by atoms with Gasteiger partial charge in [0.2, 0.25) is 0 Å². The summed E-state index contributed by atoms with van der Waals surface area (Å²) in [5.74, 6) is 0.896. The molecule has 5 nitrogen and oxygen atoms in total. The number of ketones is 1. The fourth-order valence-corrected chi connectivity index (χ4v) is 6.40. The Morgan fingerprint density at radius 3 is 2.37 bits per heavy atom. The van der Waals surface area contributed by atoms with Crippen molar-refractivity contribution in [3.05, 3.63) is 23.8 Å². The van der Waals surface area contributed by atoms with Crippen molar-refractivity contribution in [1.82, 2.24) is 0 Å². The number of carbonyl (C=O) groups is 2. The van der Waals surface area contributed by atoms with E-state index in [1.807, 2.05) is 16.7 Å². The molecule has 3 saturated heterocycles. The highest BCUT2D eigenvalue weighted by Crippen LogP contribution is 2.41. The van der Waals surface area contributed by atoms with Gasteiger partial charge in [0, 0.05) is 48.1 Å². The predicted molar refractivity (Wildman–Crippen MR) is 112 cm³/mol. The van der Waals surface area contributed by atoms with Crippen LogP contribution in [0.4, 0.5) is 25.0 Å². The van der Waals surface area contributed by atoms with Gasteiger partial charge in [-0.1, -0.05) is 6.42 Å². The third kappa shape index (κ3) is 3.57. The Hall–Kier alpha value is -1.83. The number of hydrogen-bond donors (Lipinski definition) is 0. The highest BCUT2D eigenvalue weighted by Gasteiger charge is 2.40. The van der Waals surface area contributed by atoms with Crippen molar-refractivity contribution in [2.75, 3.05) is 27.9 Å². The number of hydrogen-bond acceptors (Lipinski definition) is 5. The molecule has 0 spiro atoms. The van der Waals surface area contributed by atoms with Gasteiger partial charge in [0.25, 0.3) is 0 Å². The van der Waals surface area contributed by atoms with E-state index in [1.54, 1.807) is 0 Å². The highest BCUT2D eigenvalue weighted by atomic mass is 32.2. The second kappa shape index (κ2) is 8.02. The Morgan fingerprint density at radius 1 is 1.10 bits per heavy atom. The summed E-state index contributed by atoms with van der Waals surface area (Å²) in [5.41, 5.74) is 0.201. The number of thioether (sulfide) groups is 1. The lowest BCUT2D eigenvalue weighted by atomic mass is 9.80. The minimum Gasteiger partial charge on any atom is -0.444 e. The van der Waals surface area contributed by atoms with Gasteiger partial charge in [-0.05, 0) is 32.1 Å². The molecule has 8 heteroatoms. The number of fused-ring (bicyclic) bond motifs is 2. The molecular formula is C22H26F2N2O3S. The highest BCUT2D eigenvalue weighted by molar-refractivity contribution is 7.99. The van der Waals surface area contributed by atoms with Crippen LogP contribution in [-0.2, 0) is 9.53 Å². The number of benzene rings is 1. The number of carbonyl (C=O) groups excluding carboxylic acids is 2. The molecule has 1 amide bonds. The van der Waals surface area contributed by atoms with Crippen molar-refractivity contribution < 1.29 is 23.1 Å². The van der Waals surface area contributed by atoms with Gasteiger partial charge < -0.3 is 9.64 Å². The first-order chi connectivity index (χ1) is 14.5. The maximum absolute atomic E-state index is 15.0. The van der Waals surface area contributed by atoms with Crippen LogP contribution < -0.4 is 9.80 Å². The van der Waals surface area contributed by atoms with Gasteiger partial charge in [-0.2, -0.15) is 11.8 Å². The number of nitrogens with zero attached hydrogens (tertiary/aromatic N) is 2. The second-order valence-corrected chi connectivity index (χ2v) is 9.91. The fraction of sp³-hybridized carbons (Fsp3) is 0.636. The Balaban J connectivity index is 1.28. The van der Waals surface area contributed by atoms with Crippen LogP contribution in [0.1, 0.15) is 44.9 Å². The minimum absolute atomic E-state index is 0.0294. The largest absolute Gasteiger partial charge is 0.444 e. The van der Waals surface area contributed by atoms with Crippen molar-refractivity contribution in [3.63, 3.8) is 0 Å². The SMILES string of the molecule is O=C(CC[C@H]1CN(c2cc(F)c(N3C4CCC3CSC4)c(F)c2)C(=O)O1)C1CCC1. The van der Waals surface area contributed by atoms with Crippen LogP contribution in [0.5, 0.6) is 0 Å². The summed E-state index contributed by atoms with van der Waals surface area (Å²) in [5, 5.41) is 0. The zero-order valence-corrected chi connectivity index (χ0v) is 17.6. The Bertz CT molecular complexity index is 824. The topological polar surface area (TPSA) is 49.9 Å². The van der Waals surface area contributed by atoms with Crippen LogP contribution in [-0.4, -0.2) is 48.1 Å². The molecule has 3 heterocycles. The lowest BCUT2D eigenvalue weighted by Crippen LogP contribution is -2.43. The molecule has 162 valence electrons. The maximum Gasteiger partial charge on any atom is 0.414 e. The van der Waals surface area contributed by atoms with Crippen molar-refractivity contribution in [2.24, 2.45) is 5.92 Å². The van der Waals surface area contributed by atoms with Crippen LogP contribution >= 0.6 is 11.8 Å². The van der Waals surface area contributed by atoms with E-state index < -0.39 is 23.8 Å². The molecule has 1 aromatic carbocycles. The average molecular weight is 437 g/mol. The van der Waals surface area contributed by atoms with Crippen LogP contribution in [0.2, 0.25) is 0 Å². The molecule has 4 fully saturated rings. The summed E-state index contributed by atoms with van der Waals surface area (Å²) < 4.78 is 35.4. The number of Topliss-reactive ketones (excluding diaryl/α,β-unsaturated/α-hetero) is 1. The third-order valence-electron chi connectivity index (χ3n) is 6.96. The number of rotatable bonds is 6. The van der Waals surface area contributed by atoms with Crippen molar-refractivity contribution in [3.8, 4) is 0 Å². The van der Waals surface area contributed by atoms with Crippen molar-refractivity contribution in [2.45, 2.75) is 63.1 Å². The molecule has 1 aliphatic carbocycles. The number of ether oxygens (including phenoxy) is 1. The van der Waals surface area contributed by atoms with E-state index in [0.29, 0.717) is 12.8 Å². The molecule has 4 aliphatic rings.